The van der Waals surface area contributed by atoms with Crippen LogP contribution >= 0.6 is 31.9 Å². The normalized spacial score (nSPS) is 11.3. The predicted octanol–water partition coefficient (Wildman–Crippen LogP) is 6.24. The molecule has 3 rings (SSSR count). The van der Waals surface area contributed by atoms with Crippen LogP contribution < -0.4 is 4.74 Å². The summed E-state index contributed by atoms with van der Waals surface area (Å²) in [4.78, 5) is 12.0. The van der Waals surface area contributed by atoms with Crippen LogP contribution in [0.25, 0.3) is 22.9 Å². The van der Waals surface area contributed by atoms with Gasteiger partial charge in [-0.2, -0.15) is 0 Å². The van der Waals surface area contributed by atoms with Gasteiger partial charge in [0, 0.05) is 8.95 Å². The highest BCUT2D eigenvalue weighted by Gasteiger charge is 2.21. The first-order valence-corrected chi connectivity index (χ1v) is 9.61. The molecule has 0 spiro atoms. The summed E-state index contributed by atoms with van der Waals surface area (Å²) in [5, 5.41) is 8.20. The number of carbonyl (C=O) groups excluding carboxylic acids is 1. The molecule has 1 aromatic heterocycles. The van der Waals surface area contributed by atoms with Gasteiger partial charge in [0.1, 0.15) is 11.4 Å². The van der Waals surface area contributed by atoms with Gasteiger partial charge in [-0.1, -0.05) is 28.1 Å². The maximum atomic E-state index is 12.0. The molecular weight excluding hydrogens is 480 g/mol. The van der Waals surface area contributed by atoms with Crippen molar-refractivity contribution in [3.8, 4) is 28.7 Å². The Morgan fingerprint density at radius 1 is 1.00 bits per heavy atom. The van der Waals surface area contributed by atoms with Gasteiger partial charge in [0.2, 0.25) is 5.89 Å². The van der Waals surface area contributed by atoms with Gasteiger partial charge in [-0.3, -0.25) is 0 Å². The molecule has 3 aromatic rings. The van der Waals surface area contributed by atoms with Gasteiger partial charge in [-0.15, -0.1) is 10.2 Å². The van der Waals surface area contributed by atoms with E-state index in [0.29, 0.717) is 11.5 Å². The quantitative estimate of drug-likeness (QED) is 0.316. The van der Waals surface area contributed by atoms with Crippen LogP contribution in [-0.2, 0) is 4.74 Å². The number of para-hydroxylation sites is 1. The highest BCUT2D eigenvalue weighted by atomic mass is 79.9. The largest absolute Gasteiger partial charge is 0.514 e. The molecule has 0 N–H and O–H groups in total. The zero-order valence-corrected chi connectivity index (χ0v) is 18.0. The molecule has 0 bridgehead atoms. The van der Waals surface area contributed by atoms with Crippen LogP contribution in [0, 0.1) is 0 Å². The molecule has 0 aliphatic carbocycles. The Labute approximate surface area is 173 Å². The fourth-order valence-corrected chi connectivity index (χ4v) is 2.97. The third kappa shape index (κ3) is 4.95. The van der Waals surface area contributed by atoms with Gasteiger partial charge in [0.25, 0.3) is 5.89 Å². The first-order valence-electron chi connectivity index (χ1n) is 8.02. The van der Waals surface area contributed by atoms with Gasteiger partial charge in [-0.25, -0.2) is 4.79 Å². The predicted molar refractivity (Wildman–Crippen MR) is 107 cm³/mol. The fourth-order valence-electron chi connectivity index (χ4n) is 2.20. The molecule has 0 unspecified atom stereocenters. The van der Waals surface area contributed by atoms with Crippen LogP contribution in [0.2, 0.25) is 0 Å². The summed E-state index contributed by atoms with van der Waals surface area (Å²) >= 11 is 6.90. The second-order valence-electron chi connectivity index (χ2n) is 6.60. The van der Waals surface area contributed by atoms with Crippen molar-refractivity contribution in [3.63, 3.8) is 0 Å². The molecule has 0 saturated carbocycles. The van der Waals surface area contributed by atoms with Crippen molar-refractivity contribution in [1.82, 2.24) is 10.2 Å². The summed E-state index contributed by atoms with van der Waals surface area (Å²) in [5.74, 6) is 0.844. The Bertz CT molecular complexity index is 980. The van der Waals surface area contributed by atoms with Crippen LogP contribution in [0.3, 0.4) is 0 Å². The van der Waals surface area contributed by atoms with Crippen molar-refractivity contribution >= 4 is 38.0 Å². The molecule has 0 atom stereocenters. The standard InChI is InChI=1S/C19H16Br2N2O4/c1-19(2,3)27-18(24)25-15-7-5-4-6-12(15)16-22-23-17(26-16)13-10-11(20)8-9-14(13)21/h4-10H,1-3H3. The minimum atomic E-state index is -0.801. The number of aromatic nitrogens is 2. The summed E-state index contributed by atoms with van der Waals surface area (Å²) < 4.78 is 18.0. The highest BCUT2D eigenvalue weighted by molar-refractivity contribution is 9.11. The van der Waals surface area contributed by atoms with Crippen LogP contribution in [0.1, 0.15) is 20.8 Å². The molecule has 6 nitrogen and oxygen atoms in total. The SMILES string of the molecule is CC(C)(C)OC(=O)Oc1ccccc1-c1nnc(-c2cc(Br)ccc2Br)o1. The van der Waals surface area contributed by atoms with E-state index in [1.54, 1.807) is 45.0 Å². The Morgan fingerprint density at radius 2 is 1.67 bits per heavy atom. The number of benzene rings is 2. The molecular formula is C19H16Br2N2O4. The molecule has 0 saturated heterocycles. The molecule has 27 heavy (non-hydrogen) atoms. The minimum Gasteiger partial charge on any atom is -0.428 e. The Kier molecular flexibility index (Phi) is 5.67. The van der Waals surface area contributed by atoms with Gasteiger partial charge in [-0.05, 0) is 67.0 Å². The summed E-state index contributed by atoms with van der Waals surface area (Å²) in [6.45, 7) is 5.29. The third-order valence-electron chi connectivity index (χ3n) is 3.28. The second-order valence-corrected chi connectivity index (χ2v) is 8.37. The molecule has 8 heteroatoms. The van der Waals surface area contributed by atoms with Gasteiger partial charge < -0.3 is 13.9 Å². The van der Waals surface area contributed by atoms with E-state index in [1.807, 2.05) is 18.2 Å². The molecule has 2 aromatic carbocycles. The first kappa shape index (κ1) is 19.6. The van der Waals surface area contributed by atoms with Crippen molar-refractivity contribution in [2.24, 2.45) is 0 Å². The third-order valence-corrected chi connectivity index (χ3v) is 4.47. The summed E-state index contributed by atoms with van der Waals surface area (Å²) in [6, 6.07) is 12.5. The van der Waals surface area contributed by atoms with E-state index in [4.69, 9.17) is 13.9 Å². The van der Waals surface area contributed by atoms with E-state index >= 15 is 0 Å². The van der Waals surface area contributed by atoms with Crippen LogP contribution in [0.15, 0.2) is 55.8 Å². The topological polar surface area (TPSA) is 74.5 Å². The minimum absolute atomic E-state index is 0.232. The molecule has 1 heterocycles. The van der Waals surface area contributed by atoms with Crippen molar-refractivity contribution in [1.29, 1.82) is 0 Å². The van der Waals surface area contributed by atoms with E-state index in [-0.39, 0.29) is 11.6 Å². The van der Waals surface area contributed by atoms with Crippen LogP contribution in [-0.4, -0.2) is 22.0 Å². The van der Waals surface area contributed by atoms with Gasteiger partial charge in [0.15, 0.2) is 0 Å². The molecule has 0 aliphatic rings. The first-order chi connectivity index (χ1) is 12.7. The van der Waals surface area contributed by atoms with Crippen LogP contribution in [0.5, 0.6) is 5.75 Å². The number of hydrogen-bond donors (Lipinski definition) is 0. The van der Waals surface area contributed by atoms with E-state index < -0.39 is 11.8 Å². The van der Waals surface area contributed by atoms with Gasteiger partial charge >= 0.3 is 6.16 Å². The molecule has 0 fully saturated rings. The summed E-state index contributed by atoms with van der Waals surface area (Å²) in [6.07, 6.45) is -0.801. The Morgan fingerprint density at radius 3 is 2.37 bits per heavy atom. The van der Waals surface area contributed by atoms with Crippen molar-refractivity contribution in [2.75, 3.05) is 0 Å². The van der Waals surface area contributed by atoms with Crippen molar-refractivity contribution < 1.29 is 18.7 Å². The van der Waals surface area contributed by atoms with Crippen molar-refractivity contribution in [2.45, 2.75) is 26.4 Å². The monoisotopic (exact) mass is 494 g/mol. The van der Waals surface area contributed by atoms with E-state index in [1.165, 1.54) is 0 Å². The lowest BCUT2D eigenvalue weighted by Gasteiger charge is -2.19. The number of hydrogen-bond acceptors (Lipinski definition) is 6. The second kappa shape index (κ2) is 7.82. The lowest BCUT2D eigenvalue weighted by molar-refractivity contribution is 0.0207. The summed E-state index contributed by atoms with van der Waals surface area (Å²) in [7, 11) is 0. The zero-order chi connectivity index (χ0) is 19.6. The number of nitrogens with zero attached hydrogens (tertiary/aromatic N) is 2. The fraction of sp³-hybridized carbons (Fsp3) is 0.211. The average Bonchev–Trinajstić information content (AvgIpc) is 3.05. The molecule has 0 aliphatic heterocycles. The van der Waals surface area contributed by atoms with Crippen molar-refractivity contribution in [3.05, 3.63) is 51.4 Å². The maximum absolute atomic E-state index is 12.0. The molecule has 0 radical (unpaired) electrons. The lowest BCUT2D eigenvalue weighted by Crippen LogP contribution is -2.26. The Balaban J connectivity index is 1.91. The highest BCUT2D eigenvalue weighted by Crippen LogP contribution is 2.34. The number of halogens is 2. The van der Waals surface area contributed by atoms with E-state index in [0.717, 1.165) is 14.5 Å². The number of ether oxygens (including phenoxy) is 2. The summed E-state index contributed by atoms with van der Waals surface area (Å²) in [5.41, 5.74) is 0.582. The Hall–Kier alpha value is -2.19. The van der Waals surface area contributed by atoms with E-state index in [9.17, 15) is 4.79 Å². The zero-order valence-electron chi connectivity index (χ0n) is 14.8. The van der Waals surface area contributed by atoms with E-state index in [2.05, 4.69) is 42.1 Å². The maximum Gasteiger partial charge on any atom is 0.514 e. The number of rotatable bonds is 3. The average molecular weight is 496 g/mol. The lowest BCUT2D eigenvalue weighted by atomic mass is 10.2. The molecule has 140 valence electrons. The molecule has 0 amide bonds. The van der Waals surface area contributed by atoms with Crippen LogP contribution in [0.4, 0.5) is 4.79 Å². The number of carbonyl (C=O) groups is 1. The van der Waals surface area contributed by atoms with Gasteiger partial charge in [0.05, 0.1) is 11.1 Å². The smallest absolute Gasteiger partial charge is 0.428 e.